The first-order valence-electron chi connectivity index (χ1n) is 33.5. The van der Waals surface area contributed by atoms with Crippen molar-refractivity contribution in [2.24, 2.45) is 104 Å². The molecule has 18 aliphatic rings. The predicted octanol–water partition coefficient (Wildman–Crippen LogP) is 12.9. The Labute approximate surface area is 469 Å². The number of aliphatic hydroxyl groups excluding tert-OH is 1. The molecule has 8 nitrogen and oxygen atoms in total. The van der Waals surface area contributed by atoms with E-state index in [-0.39, 0.29) is 58.9 Å². The lowest BCUT2D eigenvalue weighted by atomic mass is 9.27. The Morgan fingerprint density at radius 3 is 2.44 bits per heavy atom. The van der Waals surface area contributed by atoms with E-state index in [4.69, 9.17) is 15.2 Å². The van der Waals surface area contributed by atoms with E-state index in [0.29, 0.717) is 101 Å². The molecule has 4 bridgehead atoms. The number of piperidine rings is 3. The highest BCUT2D eigenvalue weighted by molar-refractivity contribution is 6.01. The third kappa shape index (κ3) is 5.34. The van der Waals surface area contributed by atoms with E-state index >= 15 is 9.59 Å². The summed E-state index contributed by atoms with van der Waals surface area (Å²) in [6.45, 7) is 5.40. The summed E-state index contributed by atoms with van der Waals surface area (Å²) in [6.07, 6.45) is 37.7. The van der Waals surface area contributed by atoms with Gasteiger partial charge in [-0.15, -0.1) is 0 Å². The van der Waals surface area contributed by atoms with Gasteiger partial charge in [-0.05, 0) is 215 Å². The highest BCUT2D eigenvalue weighted by atomic mass is 16.6. The smallest absolute Gasteiger partial charge is 0.339 e. The Morgan fingerprint density at radius 1 is 0.835 bits per heavy atom. The highest BCUT2D eigenvalue weighted by Gasteiger charge is 2.94. The van der Waals surface area contributed by atoms with Crippen LogP contribution in [0.1, 0.15) is 201 Å². The van der Waals surface area contributed by atoms with Gasteiger partial charge in [-0.25, -0.2) is 4.79 Å². The van der Waals surface area contributed by atoms with Crippen molar-refractivity contribution in [3.05, 3.63) is 80.5 Å². The molecular formula is C71H87N3O5. The lowest BCUT2D eigenvalue weighted by molar-refractivity contribution is -0.283. The van der Waals surface area contributed by atoms with Crippen LogP contribution in [0.25, 0.3) is 0 Å². The third-order valence-corrected chi connectivity index (χ3v) is 29.3. The van der Waals surface area contributed by atoms with Gasteiger partial charge in [-0.2, -0.15) is 0 Å². The first-order chi connectivity index (χ1) is 38.6. The third-order valence-electron chi connectivity index (χ3n) is 29.3. The fourth-order valence-corrected chi connectivity index (χ4v) is 27.4. The van der Waals surface area contributed by atoms with Gasteiger partial charge >= 0.3 is 11.9 Å². The molecule has 0 radical (unpaired) electrons. The number of carbonyl (C=O) groups is 2. The topological polar surface area (TPSA) is 105 Å². The molecule has 7 aliphatic heterocycles. The summed E-state index contributed by atoms with van der Waals surface area (Å²) >= 11 is 0. The van der Waals surface area contributed by atoms with Gasteiger partial charge in [0.1, 0.15) is 11.2 Å². The van der Waals surface area contributed by atoms with E-state index in [9.17, 15) is 5.11 Å². The molecule has 19 rings (SSSR count). The minimum Gasteiger partial charge on any atom is -0.508 e. The zero-order chi connectivity index (χ0) is 52.3. The number of rotatable bonds is 4. The lowest BCUT2D eigenvalue weighted by Crippen LogP contribution is -2.78. The summed E-state index contributed by atoms with van der Waals surface area (Å²) in [6, 6.07) is 5.58. The molecule has 416 valence electrons. The zero-order valence-electron chi connectivity index (χ0n) is 47.4. The van der Waals surface area contributed by atoms with Gasteiger partial charge in [-0.3, -0.25) is 9.69 Å². The number of carbonyl (C=O) groups excluding carboxylic acids is 2. The van der Waals surface area contributed by atoms with Gasteiger partial charge in [0.15, 0.2) is 11.4 Å². The summed E-state index contributed by atoms with van der Waals surface area (Å²) in [5.41, 5.74) is 13.9. The summed E-state index contributed by atoms with van der Waals surface area (Å²) in [5.74, 6) is 11.7. The number of esters is 2. The van der Waals surface area contributed by atoms with E-state index in [1.807, 2.05) is 0 Å². The number of benzene rings is 1. The Balaban J connectivity index is 0.944. The minimum atomic E-state index is -1.20. The molecule has 1 aromatic carbocycles. The van der Waals surface area contributed by atoms with Gasteiger partial charge in [0.05, 0.1) is 11.0 Å². The number of hydrogen-bond acceptors (Lipinski definition) is 8. The Bertz CT molecular complexity index is 3110. The molecule has 6 saturated carbocycles. The molecule has 11 aliphatic carbocycles. The van der Waals surface area contributed by atoms with Gasteiger partial charge < -0.3 is 25.2 Å². The number of ether oxygens (including phenoxy) is 2. The number of hydrogen-bond donors (Lipinski definition) is 2. The van der Waals surface area contributed by atoms with Crippen molar-refractivity contribution in [2.75, 3.05) is 19.6 Å². The van der Waals surface area contributed by atoms with E-state index in [2.05, 4.69) is 52.8 Å². The summed E-state index contributed by atoms with van der Waals surface area (Å²) in [4.78, 5) is 39.3. The Hall–Kier alpha value is -3.80. The Kier molecular flexibility index (Phi) is 9.58. The van der Waals surface area contributed by atoms with Crippen LogP contribution < -0.4 is 5.73 Å². The lowest BCUT2D eigenvalue weighted by Gasteiger charge is -2.73. The monoisotopic (exact) mass is 1060 g/mol. The normalized spacial score (nSPS) is 48.1. The van der Waals surface area contributed by atoms with Crippen LogP contribution in [0, 0.1) is 110 Å². The van der Waals surface area contributed by atoms with Crippen molar-refractivity contribution in [1.29, 1.82) is 0 Å². The van der Waals surface area contributed by atoms with Crippen LogP contribution in [0.4, 0.5) is 0 Å². The van der Waals surface area contributed by atoms with E-state index in [1.54, 1.807) is 16.8 Å². The number of nitrogens with zero attached hydrogens (tertiary/aromatic N) is 2. The van der Waals surface area contributed by atoms with Crippen molar-refractivity contribution in [2.45, 2.75) is 210 Å². The highest BCUT2D eigenvalue weighted by Crippen LogP contribution is 2.89. The molecule has 0 unspecified atom stereocenters. The molecule has 17 atom stereocenters. The van der Waals surface area contributed by atoms with Crippen molar-refractivity contribution in [1.82, 2.24) is 9.80 Å². The molecule has 7 heterocycles. The number of allylic oxidation sites excluding steroid dienone is 4. The van der Waals surface area contributed by atoms with Gasteiger partial charge in [0.2, 0.25) is 0 Å². The molecule has 3 N–H and O–H groups in total. The van der Waals surface area contributed by atoms with Crippen molar-refractivity contribution >= 4 is 11.9 Å². The molecular weight excluding hydrogens is 975 g/mol. The molecule has 1 aromatic rings. The van der Waals surface area contributed by atoms with Crippen LogP contribution in [0.2, 0.25) is 0 Å². The maximum atomic E-state index is 17.2. The first kappa shape index (κ1) is 47.7. The largest absolute Gasteiger partial charge is 0.508 e. The van der Waals surface area contributed by atoms with Crippen LogP contribution in [0.15, 0.2) is 58.2 Å². The molecule has 6 spiro atoms. The maximum Gasteiger partial charge on any atom is 0.339 e. The molecule has 5 saturated heterocycles. The second kappa shape index (κ2) is 15.9. The van der Waals surface area contributed by atoms with Gasteiger partial charge in [0.25, 0.3) is 0 Å². The molecule has 79 heavy (non-hydrogen) atoms. The fourth-order valence-electron chi connectivity index (χ4n) is 27.4. The summed E-state index contributed by atoms with van der Waals surface area (Å²) in [5, 5.41) is 15.0. The molecule has 0 amide bonds. The van der Waals surface area contributed by atoms with Crippen LogP contribution >= 0.6 is 0 Å². The quantitative estimate of drug-likeness (QED) is 0.175. The fraction of sp³-hybridized carbons (Fsp3) is 0.746. The second-order valence-corrected chi connectivity index (χ2v) is 31.4. The van der Waals surface area contributed by atoms with Gasteiger partial charge in [0, 0.05) is 72.6 Å². The molecule has 8 heteroatoms. The number of fused-ring (bicyclic) bond motifs is 10. The SMILES string of the molecule is C[C@@H]1CC2=C3[C@H]4C5=C6[C@@H](/C=C\[C@@H](C7CCCCC7)C[C@H]7[C@]68C(=O)O/C6=C(/O)[C@@H]9[C@H](C#CCc%10ccc(CCCN)c%11c%10[C@]7(OC%11=O)[C@]68CC5)[C@H]5CCC6(CC7(CCCC7)C7(CCCC7)C6)[C@@H]9N6C[C@H]7C[C@H](CN3[C@H]7CC2)[C@@H]56)C[C@@H]41. The second-order valence-electron chi connectivity index (χ2n) is 31.4. The maximum absolute atomic E-state index is 17.2. The molecule has 11 fully saturated rings. The number of nitrogens with two attached hydrogens (primary N) is 1. The first-order valence-corrected chi connectivity index (χ1v) is 33.5. The molecule has 0 aromatic heterocycles. The van der Waals surface area contributed by atoms with Crippen LogP contribution in [0.5, 0.6) is 0 Å². The minimum absolute atomic E-state index is 0.0274. The van der Waals surface area contributed by atoms with E-state index in [0.717, 1.165) is 55.5 Å². The standard InChI is InChI=1S/C71H87N3O5/c1-39-31-45-20-21-52-46-32-47-36-73(52)60(45)55-50-23-29-69-63-61(75)56-48(49-22-28-66(62(56)74(35-46)59(47)49)37-67(24-5-6-25-67)68(38-66)26-7-8-27-68)15-9-13-42-17-16-41(14-10-30-72)54-58(42)71(69,79-64(54)76)53-34-43(40-11-3-2-4-12-40)18-19-44(33-51(39)55)57(50)70(53,69)65(77)78-63/h16-19,39-40,43-44,46-49,51-53,55-56,59,62,75H,2-8,10-14,20-38,72H2,1H3/b19-18-,63-61+/t39-,43-,44+,46-,47-,48-,49-,51-,52+,53+,55+,56+,59+,62-,69-,70-,71+/m1/s1. The summed E-state index contributed by atoms with van der Waals surface area (Å²) < 4.78 is 15.4. The van der Waals surface area contributed by atoms with Crippen molar-refractivity contribution in [3.63, 3.8) is 0 Å². The van der Waals surface area contributed by atoms with Gasteiger partial charge in [-0.1, -0.05) is 99.1 Å². The van der Waals surface area contributed by atoms with E-state index < -0.39 is 16.4 Å². The Morgan fingerprint density at radius 2 is 1.65 bits per heavy atom. The van der Waals surface area contributed by atoms with Crippen LogP contribution in [-0.2, 0) is 32.7 Å². The predicted molar refractivity (Wildman–Crippen MR) is 301 cm³/mol. The summed E-state index contributed by atoms with van der Waals surface area (Å²) in [7, 11) is 0. The van der Waals surface area contributed by atoms with Crippen molar-refractivity contribution < 1.29 is 24.2 Å². The number of aliphatic hydroxyl groups is 1. The van der Waals surface area contributed by atoms with Crippen LogP contribution in [-0.4, -0.2) is 64.6 Å². The number of aryl methyl sites for hydroxylation is 1. The van der Waals surface area contributed by atoms with E-state index in [1.165, 1.54) is 140 Å². The zero-order valence-corrected chi connectivity index (χ0v) is 47.4. The average Bonchev–Trinajstić information content (AvgIpc) is 1.76. The average molecular weight is 1060 g/mol. The van der Waals surface area contributed by atoms with Crippen molar-refractivity contribution in [3.8, 4) is 11.8 Å². The van der Waals surface area contributed by atoms with Crippen LogP contribution in [0.3, 0.4) is 0 Å².